The van der Waals surface area contributed by atoms with E-state index in [0.29, 0.717) is 17.6 Å². The van der Waals surface area contributed by atoms with Crippen LogP contribution in [0, 0.1) is 0 Å². The highest BCUT2D eigenvalue weighted by Crippen LogP contribution is 2.54. The Labute approximate surface area is 279 Å². The zero-order chi connectivity index (χ0) is 31.3. The van der Waals surface area contributed by atoms with Crippen LogP contribution in [-0.2, 0) is 0 Å². The predicted octanol–water partition coefficient (Wildman–Crippen LogP) is 11.5. The fraction of sp³-hybridized carbons (Fsp3) is 0. The summed E-state index contributed by atoms with van der Waals surface area (Å²) in [5.41, 5.74) is 9.12. The van der Waals surface area contributed by atoms with Crippen LogP contribution in [0.4, 0.5) is 0 Å². The summed E-state index contributed by atoms with van der Waals surface area (Å²) in [6, 6.07) is 51.6. The van der Waals surface area contributed by atoms with Gasteiger partial charge in [0.2, 0.25) is 5.95 Å². The second-order valence-corrected chi connectivity index (χ2v) is 13.4. The molecule has 0 unspecified atom stereocenters. The second kappa shape index (κ2) is 9.67. The average molecular weight is 629 g/mol. The van der Waals surface area contributed by atoms with Gasteiger partial charge < -0.3 is 0 Å². The molecule has 11 rings (SSSR count). The molecule has 0 saturated carbocycles. The zero-order valence-electron chi connectivity index (χ0n) is 25.6. The summed E-state index contributed by atoms with van der Waals surface area (Å²) in [6.07, 6.45) is 0. The first kappa shape index (κ1) is 26.0. The van der Waals surface area contributed by atoms with Crippen LogP contribution in [0.2, 0.25) is 0 Å². The number of hydrogen-bond acceptors (Lipinski definition) is 4. The van der Waals surface area contributed by atoms with Crippen molar-refractivity contribution in [1.29, 1.82) is 0 Å². The molecule has 0 spiro atoms. The number of aromatic nitrogens is 4. The highest BCUT2D eigenvalue weighted by atomic mass is 32.1. The Kier molecular flexibility index (Phi) is 5.23. The zero-order valence-corrected chi connectivity index (χ0v) is 26.4. The molecule has 4 nitrogen and oxygen atoms in total. The highest BCUT2D eigenvalue weighted by molar-refractivity contribution is 7.27. The summed E-state index contributed by atoms with van der Waals surface area (Å²) >= 11 is 1.87. The topological polar surface area (TPSA) is 43.6 Å². The normalized spacial score (nSPS) is 12.2. The molecule has 0 saturated heterocycles. The van der Waals surface area contributed by atoms with Crippen LogP contribution in [0.25, 0.3) is 104 Å². The quantitative estimate of drug-likeness (QED) is 0.196. The van der Waals surface area contributed by atoms with E-state index < -0.39 is 0 Å². The Hall–Kier alpha value is -6.17. The lowest BCUT2D eigenvalue weighted by atomic mass is 9.93. The monoisotopic (exact) mass is 628 g/mol. The van der Waals surface area contributed by atoms with Gasteiger partial charge in [0.25, 0.3) is 0 Å². The minimum Gasteiger partial charge on any atom is -0.277 e. The fourth-order valence-electron chi connectivity index (χ4n) is 7.81. The van der Waals surface area contributed by atoms with Crippen LogP contribution < -0.4 is 0 Å². The van der Waals surface area contributed by atoms with E-state index in [1.54, 1.807) is 0 Å². The number of nitrogens with zero attached hydrogens (tertiary/aromatic N) is 4. The van der Waals surface area contributed by atoms with Crippen LogP contribution in [0.15, 0.2) is 146 Å². The molecule has 0 atom stereocenters. The Morgan fingerprint density at radius 1 is 0.417 bits per heavy atom. The Balaban J connectivity index is 1.41. The largest absolute Gasteiger partial charge is 0.277 e. The molecule has 7 aromatic carbocycles. The number of fused-ring (bicyclic) bond motifs is 8. The van der Waals surface area contributed by atoms with E-state index in [4.69, 9.17) is 15.0 Å². The van der Waals surface area contributed by atoms with Crippen LogP contribution in [0.5, 0.6) is 0 Å². The number of benzene rings is 7. The maximum Gasteiger partial charge on any atom is 0.238 e. The minimum absolute atomic E-state index is 0.613. The van der Waals surface area contributed by atoms with Crippen molar-refractivity contribution < 1.29 is 0 Å². The van der Waals surface area contributed by atoms with Crippen molar-refractivity contribution in [2.24, 2.45) is 0 Å². The second-order valence-electron chi connectivity index (χ2n) is 12.3. The molecule has 0 bridgehead atoms. The third-order valence-corrected chi connectivity index (χ3v) is 11.0. The van der Waals surface area contributed by atoms with Crippen molar-refractivity contribution in [3.63, 3.8) is 0 Å². The van der Waals surface area contributed by atoms with Crippen molar-refractivity contribution >= 4 is 64.1 Å². The molecule has 0 aliphatic heterocycles. The maximum absolute atomic E-state index is 5.28. The molecular weight excluding hydrogens is 605 g/mol. The van der Waals surface area contributed by atoms with E-state index in [2.05, 4.69) is 114 Å². The van der Waals surface area contributed by atoms with Gasteiger partial charge in [-0.15, -0.1) is 11.3 Å². The van der Waals surface area contributed by atoms with E-state index >= 15 is 0 Å². The third-order valence-electron chi connectivity index (χ3n) is 9.78. The van der Waals surface area contributed by atoms with Gasteiger partial charge in [0, 0.05) is 52.8 Å². The molecule has 48 heavy (non-hydrogen) atoms. The smallest absolute Gasteiger partial charge is 0.238 e. The molecular formula is C43H24N4S. The third kappa shape index (κ3) is 3.46. The van der Waals surface area contributed by atoms with Crippen molar-refractivity contribution in [3.05, 3.63) is 146 Å². The standard InChI is InChI=1S/C43H24N4S/c1-3-13-25(14-4-1)41-44-42(26-15-5-2-6-16-26)46-43(45-41)47-33-23-12-21-30-28-18-8-7-17-27(28)29-20-11-22-32-35(29)38(36(30)33)39(47)37-31-19-9-10-24-34(31)48-40(32)37/h1-24H. The molecule has 0 fully saturated rings. The predicted molar refractivity (Wildman–Crippen MR) is 200 cm³/mol. The van der Waals surface area contributed by atoms with Crippen LogP contribution in [-0.4, -0.2) is 19.5 Å². The maximum atomic E-state index is 5.28. The molecule has 3 heterocycles. The molecule has 10 aromatic rings. The van der Waals surface area contributed by atoms with Gasteiger partial charge in [-0.2, -0.15) is 9.97 Å². The van der Waals surface area contributed by atoms with Crippen molar-refractivity contribution in [3.8, 4) is 51.0 Å². The Morgan fingerprint density at radius 2 is 0.979 bits per heavy atom. The first-order chi connectivity index (χ1) is 23.8. The van der Waals surface area contributed by atoms with Crippen molar-refractivity contribution in [2.45, 2.75) is 0 Å². The van der Waals surface area contributed by atoms with E-state index in [9.17, 15) is 0 Å². The SMILES string of the molecule is c1ccc(-c2nc(-c3ccccc3)nc(-n3c4cccc5c4c4c6c(cccc6c6sc7ccccc7c6c43)-c3ccccc3-5)n2)cc1. The number of thiophene rings is 1. The summed E-state index contributed by atoms with van der Waals surface area (Å²) in [4.78, 5) is 15.6. The van der Waals surface area contributed by atoms with Gasteiger partial charge in [0.1, 0.15) is 0 Å². The number of hydrogen-bond donors (Lipinski definition) is 0. The Morgan fingerprint density at radius 3 is 1.69 bits per heavy atom. The molecule has 0 amide bonds. The van der Waals surface area contributed by atoms with E-state index in [0.717, 1.165) is 22.2 Å². The average Bonchev–Trinajstić information content (AvgIpc) is 3.68. The lowest BCUT2D eigenvalue weighted by Gasteiger charge is -2.15. The first-order valence-corrected chi connectivity index (χ1v) is 17.0. The molecule has 0 radical (unpaired) electrons. The van der Waals surface area contributed by atoms with E-state index in [1.165, 1.54) is 64.0 Å². The van der Waals surface area contributed by atoms with Gasteiger partial charge in [0.15, 0.2) is 11.6 Å². The molecule has 1 aliphatic carbocycles. The van der Waals surface area contributed by atoms with Gasteiger partial charge >= 0.3 is 0 Å². The molecule has 5 heteroatoms. The summed E-state index contributed by atoms with van der Waals surface area (Å²) < 4.78 is 4.87. The van der Waals surface area contributed by atoms with Crippen LogP contribution in [0.3, 0.4) is 0 Å². The minimum atomic E-state index is 0.613. The number of rotatable bonds is 3. The molecule has 3 aromatic heterocycles. The lowest BCUT2D eigenvalue weighted by Crippen LogP contribution is -2.06. The lowest BCUT2D eigenvalue weighted by molar-refractivity contribution is 0.955. The van der Waals surface area contributed by atoms with Gasteiger partial charge in [-0.05, 0) is 34.4 Å². The molecule has 222 valence electrons. The van der Waals surface area contributed by atoms with Crippen LogP contribution in [0.1, 0.15) is 0 Å². The first-order valence-electron chi connectivity index (χ1n) is 16.1. The van der Waals surface area contributed by atoms with Crippen LogP contribution >= 0.6 is 11.3 Å². The van der Waals surface area contributed by atoms with Crippen molar-refractivity contribution in [1.82, 2.24) is 19.5 Å². The van der Waals surface area contributed by atoms with E-state index in [1.807, 2.05) is 47.7 Å². The van der Waals surface area contributed by atoms with Gasteiger partial charge in [-0.25, -0.2) is 4.98 Å². The molecule has 1 aliphatic rings. The summed E-state index contributed by atoms with van der Waals surface area (Å²) in [5, 5.41) is 7.54. The molecule has 0 N–H and O–H groups in total. The summed E-state index contributed by atoms with van der Waals surface area (Å²) in [6.45, 7) is 0. The summed E-state index contributed by atoms with van der Waals surface area (Å²) in [7, 11) is 0. The fourth-order valence-corrected chi connectivity index (χ4v) is 9.04. The highest BCUT2D eigenvalue weighted by Gasteiger charge is 2.29. The van der Waals surface area contributed by atoms with Gasteiger partial charge in [-0.3, -0.25) is 4.57 Å². The van der Waals surface area contributed by atoms with Gasteiger partial charge in [0.05, 0.1) is 11.0 Å². The Bertz CT molecular complexity index is 2880. The summed E-state index contributed by atoms with van der Waals surface area (Å²) in [5.74, 6) is 1.91. The van der Waals surface area contributed by atoms with E-state index in [-0.39, 0.29) is 0 Å². The van der Waals surface area contributed by atoms with Gasteiger partial charge in [-0.1, -0.05) is 133 Å². The van der Waals surface area contributed by atoms with Crippen molar-refractivity contribution in [2.75, 3.05) is 0 Å².